The number of pyridine rings is 1. The van der Waals surface area contributed by atoms with E-state index in [4.69, 9.17) is 0 Å². The molecule has 29 heavy (non-hydrogen) atoms. The number of hydrogen-bond acceptors (Lipinski definition) is 5. The maximum absolute atomic E-state index is 4.62. The molecule has 5 heterocycles. The summed E-state index contributed by atoms with van der Waals surface area (Å²) in [6.07, 6.45) is 10.5. The first-order valence-corrected chi connectivity index (χ1v) is 10.5. The number of nitrogens with zero attached hydrogens (tertiary/aromatic N) is 5. The number of fused-ring (bicyclic) bond motifs is 4. The van der Waals surface area contributed by atoms with Gasteiger partial charge in [0.15, 0.2) is 5.82 Å². The molecule has 0 saturated carbocycles. The van der Waals surface area contributed by atoms with Gasteiger partial charge in [0.2, 0.25) is 0 Å². The molecule has 0 N–H and O–H groups in total. The molecule has 0 amide bonds. The third kappa shape index (κ3) is 4.36. The zero-order valence-electron chi connectivity index (χ0n) is 16.7. The molecule has 3 aliphatic heterocycles. The Kier molecular flexibility index (Phi) is 5.33. The van der Waals surface area contributed by atoms with Crippen molar-refractivity contribution in [1.82, 2.24) is 24.8 Å². The molecule has 3 aromatic rings. The fourth-order valence-corrected chi connectivity index (χ4v) is 4.76. The molecule has 148 valence electrons. The van der Waals surface area contributed by atoms with Crippen LogP contribution in [-0.2, 0) is 13.1 Å². The lowest BCUT2D eigenvalue weighted by Crippen LogP contribution is -2.43. The average Bonchev–Trinajstić information content (AvgIpc) is 3.06. The summed E-state index contributed by atoms with van der Waals surface area (Å²) in [7, 11) is 0. The van der Waals surface area contributed by atoms with E-state index in [-0.39, 0.29) is 0 Å². The molecular weight excluding hydrogens is 358 g/mol. The van der Waals surface area contributed by atoms with Gasteiger partial charge < -0.3 is 0 Å². The molecule has 0 unspecified atom stereocenters. The summed E-state index contributed by atoms with van der Waals surface area (Å²) in [5, 5.41) is 0. The number of aromatic nitrogens is 3. The van der Waals surface area contributed by atoms with Crippen molar-refractivity contribution < 1.29 is 0 Å². The maximum Gasteiger partial charge on any atom is 0.159 e. The van der Waals surface area contributed by atoms with Crippen LogP contribution in [0.5, 0.6) is 0 Å². The molecule has 2 aromatic heterocycles. The van der Waals surface area contributed by atoms with E-state index in [0.717, 1.165) is 36.9 Å². The van der Waals surface area contributed by atoms with Crippen molar-refractivity contribution in [2.75, 3.05) is 19.6 Å². The summed E-state index contributed by atoms with van der Waals surface area (Å²) < 4.78 is 0. The molecule has 3 saturated heterocycles. The lowest BCUT2D eigenvalue weighted by Gasteiger charge is -2.36. The van der Waals surface area contributed by atoms with Crippen LogP contribution in [0.4, 0.5) is 0 Å². The second kappa shape index (κ2) is 8.39. The molecule has 3 aliphatic rings. The van der Waals surface area contributed by atoms with Crippen LogP contribution < -0.4 is 0 Å². The van der Waals surface area contributed by atoms with Gasteiger partial charge in [-0.3, -0.25) is 14.8 Å². The van der Waals surface area contributed by atoms with E-state index in [1.165, 1.54) is 37.1 Å². The molecule has 0 spiro atoms. The van der Waals surface area contributed by atoms with E-state index >= 15 is 0 Å². The van der Waals surface area contributed by atoms with E-state index in [1.54, 1.807) is 0 Å². The smallest absolute Gasteiger partial charge is 0.159 e. The highest BCUT2D eigenvalue weighted by Crippen LogP contribution is 2.30. The quantitative estimate of drug-likeness (QED) is 0.671. The molecule has 5 nitrogen and oxygen atoms in total. The lowest BCUT2D eigenvalue weighted by atomic mass is 9.95. The summed E-state index contributed by atoms with van der Waals surface area (Å²) in [6, 6.07) is 15.0. The molecule has 3 fully saturated rings. The summed E-state index contributed by atoms with van der Waals surface area (Å²) in [4.78, 5) is 18.8. The Morgan fingerprint density at radius 3 is 2.45 bits per heavy atom. The van der Waals surface area contributed by atoms with Crippen LogP contribution in [-0.4, -0.2) is 50.4 Å². The van der Waals surface area contributed by atoms with Gasteiger partial charge >= 0.3 is 0 Å². The largest absolute Gasteiger partial charge is 0.297 e. The highest BCUT2D eigenvalue weighted by molar-refractivity contribution is 5.53. The molecule has 0 radical (unpaired) electrons. The Bertz CT molecular complexity index is 913. The SMILES string of the molecule is c1ccc(-c2ncc(CN3C[C@@H]4CC[C@H]3CN(Cc3cccnc3)C4)cn2)cc1. The average molecular weight is 386 g/mol. The van der Waals surface area contributed by atoms with E-state index in [9.17, 15) is 0 Å². The van der Waals surface area contributed by atoms with Crippen molar-refractivity contribution in [2.45, 2.75) is 32.0 Å². The van der Waals surface area contributed by atoms with Crippen molar-refractivity contribution in [2.24, 2.45) is 5.92 Å². The highest BCUT2D eigenvalue weighted by Gasteiger charge is 2.34. The fraction of sp³-hybridized carbons (Fsp3) is 0.375. The van der Waals surface area contributed by atoms with Crippen LogP contribution in [0.1, 0.15) is 24.0 Å². The van der Waals surface area contributed by atoms with Crippen molar-refractivity contribution >= 4 is 0 Å². The van der Waals surface area contributed by atoms with Crippen LogP contribution >= 0.6 is 0 Å². The van der Waals surface area contributed by atoms with Gasteiger partial charge in [-0.15, -0.1) is 0 Å². The van der Waals surface area contributed by atoms with E-state index < -0.39 is 0 Å². The molecule has 0 aliphatic carbocycles. The third-order valence-corrected chi connectivity index (χ3v) is 6.15. The second-order valence-corrected chi connectivity index (χ2v) is 8.36. The second-order valence-electron chi connectivity index (χ2n) is 8.36. The Morgan fingerprint density at radius 2 is 1.66 bits per heavy atom. The zero-order chi connectivity index (χ0) is 19.5. The number of benzene rings is 1. The van der Waals surface area contributed by atoms with Gasteiger partial charge in [-0.25, -0.2) is 9.97 Å². The topological polar surface area (TPSA) is 45.2 Å². The van der Waals surface area contributed by atoms with Gasteiger partial charge in [-0.2, -0.15) is 0 Å². The molecule has 5 heteroatoms. The van der Waals surface area contributed by atoms with E-state index in [0.29, 0.717) is 6.04 Å². The molecule has 1 aromatic carbocycles. The predicted octanol–water partition coefficient (Wildman–Crippen LogP) is 3.64. The first-order chi connectivity index (χ1) is 14.3. The minimum absolute atomic E-state index is 0.610. The van der Waals surface area contributed by atoms with Crippen LogP contribution in [0.15, 0.2) is 67.3 Å². The maximum atomic E-state index is 4.62. The normalized spacial score (nSPS) is 22.5. The number of piperidine rings is 1. The number of rotatable bonds is 5. The predicted molar refractivity (Wildman–Crippen MR) is 114 cm³/mol. The standard InChI is InChI=1S/C24H27N5/c1-2-6-22(7-3-1)24-26-12-21(13-27-24)17-29-16-20-8-9-23(29)18-28(15-20)14-19-5-4-10-25-11-19/h1-7,10-13,20,23H,8-9,14-18H2/t20-,23+/m1/s1. The molecule has 6 rings (SSSR count). The highest BCUT2D eigenvalue weighted by atomic mass is 15.3. The Morgan fingerprint density at radius 1 is 0.793 bits per heavy atom. The minimum Gasteiger partial charge on any atom is -0.297 e. The molecule has 2 bridgehead atoms. The summed E-state index contributed by atoms with van der Waals surface area (Å²) >= 11 is 0. The summed E-state index contributed by atoms with van der Waals surface area (Å²) in [6.45, 7) is 5.44. The van der Waals surface area contributed by atoms with E-state index in [2.05, 4.69) is 43.0 Å². The Labute approximate surface area is 172 Å². The Hall–Kier alpha value is -2.63. The summed E-state index contributed by atoms with van der Waals surface area (Å²) in [5.74, 6) is 1.55. The van der Waals surface area contributed by atoms with Gasteiger partial charge in [0.1, 0.15) is 0 Å². The molecule has 2 atom stereocenters. The van der Waals surface area contributed by atoms with Gasteiger partial charge in [-0.1, -0.05) is 36.4 Å². The first kappa shape index (κ1) is 18.4. The van der Waals surface area contributed by atoms with Crippen LogP contribution in [0.2, 0.25) is 0 Å². The van der Waals surface area contributed by atoms with Crippen molar-refractivity contribution in [3.8, 4) is 11.4 Å². The summed E-state index contributed by atoms with van der Waals surface area (Å²) in [5.41, 5.74) is 3.58. The monoisotopic (exact) mass is 385 g/mol. The van der Waals surface area contributed by atoms with Crippen molar-refractivity contribution in [1.29, 1.82) is 0 Å². The van der Waals surface area contributed by atoms with E-state index in [1.807, 2.05) is 49.1 Å². The number of hydrogen-bond donors (Lipinski definition) is 0. The van der Waals surface area contributed by atoms with Crippen LogP contribution in [0.3, 0.4) is 0 Å². The van der Waals surface area contributed by atoms with Gasteiger partial charge in [-0.05, 0) is 30.4 Å². The van der Waals surface area contributed by atoms with Gasteiger partial charge in [0.05, 0.1) is 0 Å². The third-order valence-electron chi connectivity index (χ3n) is 6.15. The zero-order valence-corrected chi connectivity index (χ0v) is 16.7. The van der Waals surface area contributed by atoms with Crippen LogP contribution in [0.25, 0.3) is 11.4 Å². The van der Waals surface area contributed by atoms with Crippen LogP contribution in [0, 0.1) is 5.92 Å². The van der Waals surface area contributed by atoms with Crippen molar-refractivity contribution in [3.05, 3.63) is 78.4 Å². The van der Waals surface area contributed by atoms with Gasteiger partial charge in [0, 0.05) is 74.7 Å². The van der Waals surface area contributed by atoms with Crippen molar-refractivity contribution in [3.63, 3.8) is 0 Å². The first-order valence-electron chi connectivity index (χ1n) is 10.5. The lowest BCUT2D eigenvalue weighted by molar-refractivity contribution is 0.123. The minimum atomic E-state index is 0.610. The fourth-order valence-electron chi connectivity index (χ4n) is 4.76. The Balaban J connectivity index is 1.25. The van der Waals surface area contributed by atoms with Gasteiger partial charge in [0.25, 0.3) is 0 Å². The molecular formula is C24H27N5.